The SMILES string of the molecule is CC(C)(C)OC(=O)[C@@H](c1ccccc1Cl)[C@H](N)CC(=O)O. The lowest BCUT2D eigenvalue weighted by molar-refractivity contribution is -0.157. The Morgan fingerprint density at radius 2 is 1.90 bits per heavy atom. The molecule has 0 aliphatic rings. The van der Waals surface area contributed by atoms with Crippen LogP contribution in [-0.2, 0) is 14.3 Å². The van der Waals surface area contributed by atoms with Gasteiger partial charge in [0.05, 0.1) is 12.3 Å². The smallest absolute Gasteiger partial charge is 0.315 e. The summed E-state index contributed by atoms with van der Waals surface area (Å²) in [4.78, 5) is 23.3. The van der Waals surface area contributed by atoms with Crippen molar-refractivity contribution in [1.82, 2.24) is 0 Å². The summed E-state index contributed by atoms with van der Waals surface area (Å²) in [7, 11) is 0. The molecule has 0 radical (unpaired) electrons. The first-order chi connectivity index (χ1) is 9.61. The van der Waals surface area contributed by atoms with E-state index < -0.39 is 29.5 Å². The Kier molecular flexibility index (Phi) is 5.75. The van der Waals surface area contributed by atoms with E-state index in [1.165, 1.54) is 0 Å². The molecular weight excluding hydrogens is 294 g/mol. The van der Waals surface area contributed by atoms with Crippen LogP contribution in [0.15, 0.2) is 24.3 Å². The number of carboxylic acids is 1. The number of ether oxygens (including phenoxy) is 1. The molecule has 1 aromatic rings. The molecule has 0 spiro atoms. The average Bonchev–Trinajstić information content (AvgIpc) is 2.28. The minimum atomic E-state index is -1.08. The molecule has 6 heteroatoms. The van der Waals surface area contributed by atoms with Crippen LogP contribution < -0.4 is 5.73 Å². The summed E-state index contributed by atoms with van der Waals surface area (Å²) in [6.45, 7) is 5.20. The second-order valence-electron chi connectivity index (χ2n) is 5.79. The minimum Gasteiger partial charge on any atom is -0.481 e. The Bertz CT molecular complexity index is 525. The highest BCUT2D eigenvalue weighted by atomic mass is 35.5. The second-order valence-corrected chi connectivity index (χ2v) is 6.20. The third-order valence-electron chi connectivity index (χ3n) is 2.74. The van der Waals surface area contributed by atoms with Crippen LogP contribution >= 0.6 is 11.6 Å². The Morgan fingerprint density at radius 3 is 2.38 bits per heavy atom. The molecule has 2 atom stereocenters. The van der Waals surface area contributed by atoms with Crippen molar-refractivity contribution < 1.29 is 19.4 Å². The summed E-state index contributed by atoms with van der Waals surface area (Å²) in [6, 6.07) is 5.80. The van der Waals surface area contributed by atoms with Crippen LogP contribution in [0.1, 0.15) is 38.7 Å². The number of carbonyl (C=O) groups is 2. The number of hydrogen-bond acceptors (Lipinski definition) is 4. The zero-order valence-corrected chi connectivity index (χ0v) is 13.1. The highest BCUT2D eigenvalue weighted by Crippen LogP contribution is 2.30. The second kappa shape index (κ2) is 6.91. The van der Waals surface area contributed by atoms with Gasteiger partial charge in [-0.2, -0.15) is 0 Å². The number of halogens is 1. The van der Waals surface area contributed by atoms with Crippen molar-refractivity contribution in [1.29, 1.82) is 0 Å². The number of carboxylic acid groups (broad SMARTS) is 1. The first-order valence-corrected chi connectivity index (χ1v) is 6.94. The van der Waals surface area contributed by atoms with E-state index in [9.17, 15) is 9.59 Å². The van der Waals surface area contributed by atoms with Crippen LogP contribution in [-0.4, -0.2) is 28.7 Å². The number of hydrogen-bond donors (Lipinski definition) is 2. The molecule has 116 valence electrons. The summed E-state index contributed by atoms with van der Waals surface area (Å²) in [5.41, 5.74) is 5.68. The molecule has 0 saturated heterocycles. The average molecular weight is 314 g/mol. The van der Waals surface area contributed by atoms with E-state index in [1.54, 1.807) is 45.0 Å². The van der Waals surface area contributed by atoms with Crippen LogP contribution in [0.4, 0.5) is 0 Å². The van der Waals surface area contributed by atoms with Gasteiger partial charge in [-0.05, 0) is 32.4 Å². The van der Waals surface area contributed by atoms with Gasteiger partial charge >= 0.3 is 11.9 Å². The van der Waals surface area contributed by atoms with Crippen molar-refractivity contribution in [2.24, 2.45) is 5.73 Å². The number of aliphatic carboxylic acids is 1. The van der Waals surface area contributed by atoms with Crippen molar-refractivity contribution >= 4 is 23.5 Å². The summed E-state index contributed by atoms with van der Waals surface area (Å²) in [6.07, 6.45) is -0.352. The van der Waals surface area contributed by atoms with E-state index in [4.69, 9.17) is 27.2 Å². The number of rotatable bonds is 5. The van der Waals surface area contributed by atoms with E-state index >= 15 is 0 Å². The van der Waals surface area contributed by atoms with E-state index in [2.05, 4.69) is 0 Å². The standard InChI is InChI=1S/C15H20ClNO4/c1-15(2,3)21-14(20)13(11(17)8-12(18)19)9-6-4-5-7-10(9)16/h4-7,11,13H,8,17H2,1-3H3,(H,18,19)/t11-,13+/m1/s1. The summed E-state index contributed by atoms with van der Waals surface area (Å²) in [5, 5.41) is 9.25. The van der Waals surface area contributed by atoms with Crippen molar-refractivity contribution in [2.45, 2.75) is 44.8 Å². The third-order valence-corrected chi connectivity index (χ3v) is 3.08. The maximum Gasteiger partial charge on any atom is 0.315 e. The number of benzene rings is 1. The van der Waals surface area contributed by atoms with E-state index in [1.807, 2.05) is 0 Å². The Hall–Kier alpha value is -1.59. The van der Waals surface area contributed by atoms with Crippen LogP contribution in [0, 0.1) is 0 Å². The number of carbonyl (C=O) groups excluding carboxylic acids is 1. The van der Waals surface area contributed by atoms with Crippen molar-refractivity contribution in [3.8, 4) is 0 Å². The van der Waals surface area contributed by atoms with E-state index in [0.29, 0.717) is 10.6 Å². The zero-order chi connectivity index (χ0) is 16.2. The van der Waals surface area contributed by atoms with Gasteiger partial charge in [-0.3, -0.25) is 9.59 Å². The molecule has 0 amide bonds. The normalized spacial score (nSPS) is 14.3. The molecule has 0 unspecified atom stereocenters. The highest BCUT2D eigenvalue weighted by molar-refractivity contribution is 6.31. The van der Waals surface area contributed by atoms with Gasteiger partial charge in [-0.1, -0.05) is 29.8 Å². The molecule has 3 N–H and O–H groups in total. The molecule has 5 nitrogen and oxygen atoms in total. The van der Waals surface area contributed by atoms with Crippen molar-refractivity contribution in [3.05, 3.63) is 34.9 Å². The molecule has 0 aliphatic heterocycles. The molecule has 0 aromatic heterocycles. The van der Waals surface area contributed by atoms with Crippen LogP contribution in [0.25, 0.3) is 0 Å². The molecular formula is C15H20ClNO4. The molecule has 0 fully saturated rings. The third kappa shape index (κ3) is 5.36. The molecule has 0 aliphatic carbocycles. The van der Waals surface area contributed by atoms with Gasteiger partial charge in [0.25, 0.3) is 0 Å². The fourth-order valence-corrected chi connectivity index (χ4v) is 2.20. The number of nitrogens with two attached hydrogens (primary N) is 1. The van der Waals surface area contributed by atoms with Crippen LogP contribution in [0.2, 0.25) is 5.02 Å². The van der Waals surface area contributed by atoms with E-state index in [0.717, 1.165) is 0 Å². The predicted molar refractivity (Wildman–Crippen MR) is 80.3 cm³/mol. The van der Waals surface area contributed by atoms with Gasteiger partial charge in [0.2, 0.25) is 0 Å². The Morgan fingerprint density at radius 1 is 1.33 bits per heavy atom. The molecule has 0 heterocycles. The first-order valence-electron chi connectivity index (χ1n) is 6.56. The lowest BCUT2D eigenvalue weighted by Gasteiger charge is -2.27. The maximum absolute atomic E-state index is 12.4. The predicted octanol–water partition coefficient (Wildman–Crippen LogP) is 2.57. The van der Waals surface area contributed by atoms with E-state index in [-0.39, 0.29) is 6.42 Å². The topological polar surface area (TPSA) is 89.6 Å². The fraction of sp³-hybridized carbons (Fsp3) is 0.467. The van der Waals surface area contributed by atoms with Gasteiger partial charge < -0.3 is 15.6 Å². The molecule has 1 aromatic carbocycles. The largest absolute Gasteiger partial charge is 0.481 e. The van der Waals surface area contributed by atoms with Crippen LogP contribution in [0.3, 0.4) is 0 Å². The monoisotopic (exact) mass is 313 g/mol. The molecule has 21 heavy (non-hydrogen) atoms. The first kappa shape index (κ1) is 17.5. The lowest BCUT2D eigenvalue weighted by atomic mass is 9.89. The Labute approximate surface area is 129 Å². The van der Waals surface area contributed by atoms with Gasteiger partial charge in [0.15, 0.2) is 0 Å². The summed E-state index contributed by atoms with van der Waals surface area (Å²) in [5.74, 6) is -2.58. The van der Waals surface area contributed by atoms with Gasteiger partial charge in [0, 0.05) is 11.1 Å². The summed E-state index contributed by atoms with van der Waals surface area (Å²) < 4.78 is 5.34. The quantitative estimate of drug-likeness (QED) is 0.815. The van der Waals surface area contributed by atoms with Gasteiger partial charge in [0.1, 0.15) is 5.60 Å². The Balaban J connectivity index is 3.14. The molecule has 0 saturated carbocycles. The fourth-order valence-electron chi connectivity index (χ4n) is 1.94. The zero-order valence-electron chi connectivity index (χ0n) is 12.3. The summed E-state index contributed by atoms with van der Waals surface area (Å²) >= 11 is 6.10. The molecule has 0 bridgehead atoms. The van der Waals surface area contributed by atoms with Crippen LogP contribution in [0.5, 0.6) is 0 Å². The minimum absolute atomic E-state index is 0.352. The molecule has 1 rings (SSSR count). The highest BCUT2D eigenvalue weighted by Gasteiger charge is 2.34. The lowest BCUT2D eigenvalue weighted by Crippen LogP contribution is -2.39. The maximum atomic E-state index is 12.4. The number of esters is 1. The van der Waals surface area contributed by atoms with Crippen molar-refractivity contribution in [2.75, 3.05) is 0 Å². The van der Waals surface area contributed by atoms with Gasteiger partial charge in [-0.15, -0.1) is 0 Å². The van der Waals surface area contributed by atoms with Gasteiger partial charge in [-0.25, -0.2) is 0 Å². The van der Waals surface area contributed by atoms with Crippen molar-refractivity contribution in [3.63, 3.8) is 0 Å².